The van der Waals surface area contributed by atoms with Crippen LogP contribution in [0.3, 0.4) is 0 Å². The van der Waals surface area contributed by atoms with E-state index in [1.165, 1.54) is 0 Å². The number of halogens is 1. The lowest BCUT2D eigenvalue weighted by Gasteiger charge is -2.11. The van der Waals surface area contributed by atoms with E-state index in [4.69, 9.17) is 9.26 Å². The lowest BCUT2D eigenvalue weighted by Crippen LogP contribution is -2.35. The zero-order chi connectivity index (χ0) is 17.1. The quantitative estimate of drug-likeness (QED) is 0.852. The molecular formula is C17H20FN3O3. The van der Waals surface area contributed by atoms with Crippen molar-refractivity contribution in [3.63, 3.8) is 0 Å². The van der Waals surface area contributed by atoms with E-state index in [1.807, 2.05) is 6.92 Å². The van der Waals surface area contributed by atoms with Crippen LogP contribution in [0.4, 0.5) is 9.18 Å². The highest BCUT2D eigenvalue weighted by atomic mass is 19.1. The third kappa shape index (κ3) is 3.84. The summed E-state index contributed by atoms with van der Waals surface area (Å²) >= 11 is 0. The molecule has 0 unspecified atom stereocenters. The smallest absolute Gasteiger partial charge is 0.315 e. The monoisotopic (exact) mass is 333 g/mol. The Kier molecular flexibility index (Phi) is 4.69. The van der Waals surface area contributed by atoms with Gasteiger partial charge in [-0.2, -0.15) is 0 Å². The first-order valence-electron chi connectivity index (χ1n) is 7.92. The molecule has 0 spiro atoms. The van der Waals surface area contributed by atoms with Gasteiger partial charge < -0.3 is 19.9 Å². The molecule has 0 aliphatic heterocycles. The number of carbonyl (C=O) groups excluding carboxylic acids is 1. The number of nitrogens with zero attached hydrogens (tertiary/aromatic N) is 1. The average Bonchev–Trinajstić information content (AvgIpc) is 3.32. The Morgan fingerprint density at radius 1 is 1.33 bits per heavy atom. The van der Waals surface area contributed by atoms with Crippen LogP contribution in [0.5, 0.6) is 5.75 Å². The molecule has 1 heterocycles. The highest BCUT2D eigenvalue weighted by molar-refractivity contribution is 5.73. The molecule has 1 aromatic carbocycles. The second-order valence-corrected chi connectivity index (χ2v) is 5.89. The van der Waals surface area contributed by atoms with Crippen molar-refractivity contribution in [1.82, 2.24) is 15.8 Å². The van der Waals surface area contributed by atoms with E-state index in [0.29, 0.717) is 17.9 Å². The molecule has 0 radical (unpaired) electrons. The highest BCUT2D eigenvalue weighted by Gasteiger charge is 2.25. The molecule has 2 aromatic rings. The van der Waals surface area contributed by atoms with Crippen LogP contribution in [-0.4, -0.2) is 17.3 Å². The van der Waals surface area contributed by atoms with E-state index in [9.17, 15) is 9.18 Å². The van der Waals surface area contributed by atoms with Crippen molar-refractivity contribution in [2.75, 3.05) is 0 Å². The Balaban J connectivity index is 1.52. The summed E-state index contributed by atoms with van der Waals surface area (Å²) in [6.07, 6.45) is 2.05. The first-order chi connectivity index (χ1) is 11.5. The Morgan fingerprint density at radius 3 is 2.75 bits per heavy atom. The van der Waals surface area contributed by atoms with Gasteiger partial charge in [0.25, 0.3) is 0 Å². The van der Waals surface area contributed by atoms with Crippen molar-refractivity contribution in [1.29, 1.82) is 0 Å². The summed E-state index contributed by atoms with van der Waals surface area (Å²) in [5, 5.41) is 9.18. The predicted molar refractivity (Wildman–Crippen MR) is 85.1 cm³/mol. The van der Waals surface area contributed by atoms with Crippen molar-refractivity contribution < 1.29 is 18.4 Å². The SMILES string of the molecule is Cc1noc(C)c1CNC(=O)NCc1cccc(OC2CC2)c1F. The molecule has 0 saturated heterocycles. The van der Waals surface area contributed by atoms with Crippen LogP contribution in [0.25, 0.3) is 0 Å². The number of hydrogen-bond acceptors (Lipinski definition) is 4. The number of carbonyl (C=O) groups is 1. The van der Waals surface area contributed by atoms with E-state index < -0.39 is 5.82 Å². The average molecular weight is 333 g/mol. The number of nitrogens with one attached hydrogen (secondary N) is 2. The number of urea groups is 1. The van der Waals surface area contributed by atoms with E-state index >= 15 is 0 Å². The van der Waals surface area contributed by atoms with Gasteiger partial charge in [0, 0.05) is 24.2 Å². The molecule has 1 fully saturated rings. The van der Waals surface area contributed by atoms with Crippen molar-refractivity contribution in [2.45, 2.75) is 45.9 Å². The molecule has 7 heteroatoms. The van der Waals surface area contributed by atoms with Gasteiger partial charge in [-0.1, -0.05) is 17.3 Å². The maximum absolute atomic E-state index is 14.3. The van der Waals surface area contributed by atoms with Crippen molar-refractivity contribution >= 4 is 6.03 Å². The van der Waals surface area contributed by atoms with E-state index in [1.54, 1.807) is 25.1 Å². The number of amides is 2. The molecule has 1 aliphatic carbocycles. The van der Waals surface area contributed by atoms with E-state index in [2.05, 4.69) is 15.8 Å². The number of aryl methyl sites for hydroxylation is 2. The number of aromatic nitrogens is 1. The van der Waals surface area contributed by atoms with Gasteiger partial charge in [0.2, 0.25) is 0 Å². The molecule has 0 bridgehead atoms. The van der Waals surface area contributed by atoms with Crippen molar-refractivity contribution in [2.24, 2.45) is 0 Å². The molecule has 6 nitrogen and oxygen atoms in total. The van der Waals surface area contributed by atoms with E-state index in [0.717, 1.165) is 24.1 Å². The molecular weight excluding hydrogens is 313 g/mol. The molecule has 2 N–H and O–H groups in total. The van der Waals surface area contributed by atoms with Crippen LogP contribution in [0, 0.1) is 19.7 Å². The van der Waals surface area contributed by atoms with Crippen LogP contribution in [-0.2, 0) is 13.1 Å². The van der Waals surface area contributed by atoms with Crippen LogP contribution in [0.1, 0.15) is 35.4 Å². The van der Waals surface area contributed by atoms with E-state index in [-0.39, 0.29) is 24.4 Å². The second-order valence-electron chi connectivity index (χ2n) is 5.89. The summed E-state index contributed by atoms with van der Waals surface area (Å²) in [4.78, 5) is 11.9. The normalized spacial score (nSPS) is 13.6. The summed E-state index contributed by atoms with van der Waals surface area (Å²) in [6, 6.07) is 4.57. The molecule has 128 valence electrons. The standard InChI is InChI=1S/C17H20FN3O3/c1-10-14(11(2)24-21-10)9-20-17(22)19-8-12-4-3-5-15(16(12)18)23-13-6-7-13/h3-5,13H,6-9H2,1-2H3,(H2,19,20,22). The van der Waals surface area contributed by atoms with Crippen molar-refractivity contribution in [3.05, 3.63) is 46.6 Å². The fourth-order valence-corrected chi connectivity index (χ4v) is 2.31. The number of hydrogen-bond donors (Lipinski definition) is 2. The topological polar surface area (TPSA) is 76.4 Å². The summed E-state index contributed by atoms with van der Waals surface area (Å²) in [7, 11) is 0. The third-order valence-electron chi connectivity index (χ3n) is 3.91. The fourth-order valence-electron chi connectivity index (χ4n) is 2.31. The first kappa shape index (κ1) is 16.3. The maximum Gasteiger partial charge on any atom is 0.315 e. The molecule has 3 rings (SSSR count). The summed E-state index contributed by atoms with van der Waals surface area (Å²) in [6.45, 7) is 3.99. The Hall–Kier alpha value is -2.57. The summed E-state index contributed by atoms with van der Waals surface area (Å²) < 4.78 is 24.9. The minimum absolute atomic E-state index is 0.0845. The highest BCUT2D eigenvalue weighted by Crippen LogP contribution is 2.29. The molecule has 1 saturated carbocycles. The minimum atomic E-state index is -0.421. The van der Waals surface area contributed by atoms with Gasteiger partial charge in [-0.05, 0) is 32.8 Å². The molecule has 2 amide bonds. The van der Waals surface area contributed by atoms with Gasteiger partial charge in [-0.15, -0.1) is 0 Å². The molecule has 24 heavy (non-hydrogen) atoms. The Bertz CT molecular complexity index is 721. The van der Waals surface area contributed by atoms with Crippen LogP contribution in [0.15, 0.2) is 22.7 Å². The largest absolute Gasteiger partial charge is 0.487 e. The number of benzene rings is 1. The van der Waals surface area contributed by atoms with Crippen LogP contribution < -0.4 is 15.4 Å². The fraction of sp³-hybridized carbons (Fsp3) is 0.412. The van der Waals surface area contributed by atoms with Crippen LogP contribution in [0.2, 0.25) is 0 Å². The lowest BCUT2D eigenvalue weighted by molar-refractivity contribution is 0.239. The van der Waals surface area contributed by atoms with Gasteiger partial charge in [-0.3, -0.25) is 0 Å². The second kappa shape index (κ2) is 6.90. The first-order valence-corrected chi connectivity index (χ1v) is 7.92. The summed E-state index contributed by atoms with van der Waals surface area (Å²) in [5.41, 5.74) is 1.97. The Labute approximate surface area is 139 Å². The van der Waals surface area contributed by atoms with Crippen LogP contribution >= 0.6 is 0 Å². The zero-order valence-corrected chi connectivity index (χ0v) is 13.7. The summed E-state index contributed by atoms with van der Waals surface area (Å²) in [5.74, 6) is 0.493. The van der Waals surface area contributed by atoms with Gasteiger partial charge in [0.15, 0.2) is 11.6 Å². The lowest BCUT2D eigenvalue weighted by atomic mass is 10.2. The molecule has 1 aliphatic rings. The van der Waals surface area contributed by atoms with Gasteiger partial charge in [-0.25, -0.2) is 9.18 Å². The Morgan fingerprint density at radius 2 is 2.08 bits per heavy atom. The maximum atomic E-state index is 14.3. The van der Waals surface area contributed by atoms with Gasteiger partial charge in [0.05, 0.1) is 11.8 Å². The van der Waals surface area contributed by atoms with Gasteiger partial charge in [0.1, 0.15) is 5.76 Å². The van der Waals surface area contributed by atoms with Crippen molar-refractivity contribution in [3.8, 4) is 5.75 Å². The number of rotatable bonds is 6. The third-order valence-corrected chi connectivity index (χ3v) is 3.91. The molecule has 0 atom stereocenters. The predicted octanol–water partition coefficient (Wildman–Crippen LogP) is 2.97. The zero-order valence-electron chi connectivity index (χ0n) is 13.7. The minimum Gasteiger partial charge on any atom is -0.487 e. The number of ether oxygens (including phenoxy) is 1. The molecule has 1 aromatic heterocycles. The van der Waals surface area contributed by atoms with Gasteiger partial charge >= 0.3 is 6.03 Å².